The average molecular weight is 307 g/mol. The molecule has 6 aliphatic carbocycles. The van der Waals surface area contributed by atoms with Gasteiger partial charge in [-0.25, -0.2) is 0 Å². The SMILES string of the molecule is ClC12C3CCCCC3C(C3CCCCC31)C1CCCCC12. The zero-order chi connectivity index (χ0) is 14.0. The standard InChI is InChI=1S/C20H31Cl/c21-20-16-10-4-1-7-13(16)19(14-8-2-5-11-17(14)20)15-9-3-6-12-18(15)20/h13-19H,1-12H2. The second-order valence-corrected chi connectivity index (χ2v) is 9.72. The van der Waals surface area contributed by atoms with E-state index in [4.69, 9.17) is 11.6 Å². The third-order valence-electron chi connectivity index (χ3n) is 8.65. The summed E-state index contributed by atoms with van der Waals surface area (Å²) in [6.45, 7) is 0. The first-order chi connectivity index (χ1) is 10.3. The van der Waals surface area contributed by atoms with Crippen molar-refractivity contribution in [1.29, 1.82) is 0 Å². The van der Waals surface area contributed by atoms with Crippen LogP contribution in [0.1, 0.15) is 77.0 Å². The molecule has 6 saturated carbocycles. The van der Waals surface area contributed by atoms with Crippen LogP contribution in [0, 0.1) is 41.4 Å². The molecule has 118 valence electrons. The Morgan fingerprint density at radius 1 is 0.524 bits per heavy atom. The average Bonchev–Trinajstić information content (AvgIpc) is 2.56. The maximum absolute atomic E-state index is 7.72. The van der Waals surface area contributed by atoms with Gasteiger partial charge in [-0.1, -0.05) is 38.5 Å². The van der Waals surface area contributed by atoms with Crippen LogP contribution in [-0.4, -0.2) is 4.87 Å². The molecule has 1 heteroatoms. The lowest BCUT2D eigenvalue weighted by Gasteiger charge is -2.71. The van der Waals surface area contributed by atoms with Gasteiger partial charge in [-0.05, 0) is 80.0 Å². The molecule has 0 saturated heterocycles. The fraction of sp³-hybridized carbons (Fsp3) is 1.00. The first-order valence-electron chi connectivity index (χ1n) is 10.0. The normalized spacial score (nSPS) is 59.0. The van der Waals surface area contributed by atoms with Crippen molar-refractivity contribution in [3.8, 4) is 0 Å². The van der Waals surface area contributed by atoms with E-state index < -0.39 is 0 Å². The maximum Gasteiger partial charge on any atom is 0.0539 e. The molecule has 0 N–H and O–H groups in total. The molecule has 0 nitrogen and oxygen atoms in total. The van der Waals surface area contributed by atoms with E-state index in [9.17, 15) is 0 Å². The fourth-order valence-electron chi connectivity index (χ4n) is 8.29. The topological polar surface area (TPSA) is 0 Å². The highest BCUT2D eigenvalue weighted by molar-refractivity contribution is 6.25. The molecule has 6 rings (SSSR count). The number of rotatable bonds is 0. The zero-order valence-corrected chi connectivity index (χ0v) is 14.2. The number of alkyl halides is 1. The highest BCUT2D eigenvalue weighted by Gasteiger charge is 2.68. The number of hydrogen-bond acceptors (Lipinski definition) is 0. The summed E-state index contributed by atoms with van der Waals surface area (Å²) < 4.78 is 0. The van der Waals surface area contributed by atoms with Crippen LogP contribution >= 0.6 is 11.6 Å². The minimum Gasteiger partial charge on any atom is -0.118 e. The summed E-state index contributed by atoms with van der Waals surface area (Å²) >= 11 is 7.72. The Balaban J connectivity index is 1.62. The molecule has 0 heterocycles. The molecule has 0 aromatic rings. The van der Waals surface area contributed by atoms with Crippen LogP contribution in [0.5, 0.6) is 0 Å². The van der Waals surface area contributed by atoms with Crippen LogP contribution in [-0.2, 0) is 0 Å². The molecule has 0 spiro atoms. The number of hydrogen-bond donors (Lipinski definition) is 0. The number of halogens is 1. The van der Waals surface area contributed by atoms with E-state index in [0.717, 1.165) is 41.4 Å². The Morgan fingerprint density at radius 2 is 0.857 bits per heavy atom. The van der Waals surface area contributed by atoms with Gasteiger partial charge in [-0.2, -0.15) is 0 Å². The van der Waals surface area contributed by atoms with Gasteiger partial charge in [0.1, 0.15) is 0 Å². The van der Waals surface area contributed by atoms with Gasteiger partial charge in [0.2, 0.25) is 0 Å². The Bertz CT molecular complexity index is 356. The maximum atomic E-state index is 7.72. The molecule has 0 aromatic heterocycles. The highest BCUT2D eigenvalue weighted by atomic mass is 35.5. The Hall–Kier alpha value is 0.290. The van der Waals surface area contributed by atoms with Gasteiger partial charge in [0.05, 0.1) is 4.87 Å². The second kappa shape index (κ2) is 4.89. The van der Waals surface area contributed by atoms with Crippen molar-refractivity contribution in [2.45, 2.75) is 81.9 Å². The Kier molecular flexibility index (Phi) is 3.19. The van der Waals surface area contributed by atoms with Crippen molar-refractivity contribution < 1.29 is 0 Å². The van der Waals surface area contributed by atoms with Crippen molar-refractivity contribution in [2.24, 2.45) is 41.4 Å². The predicted molar refractivity (Wildman–Crippen MR) is 88.4 cm³/mol. The molecule has 21 heavy (non-hydrogen) atoms. The van der Waals surface area contributed by atoms with Crippen LogP contribution in [0.2, 0.25) is 0 Å². The summed E-state index contributed by atoms with van der Waals surface area (Å²) in [6, 6.07) is 0. The molecular formula is C20H31Cl. The molecule has 0 radical (unpaired) electrons. The third kappa shape index (κ3) is 1.69. The van der Waals surface area contributed by atoms with Crippen LogP contribution in [0.15, 0.2) is 0 Å². The Morgan fingerprint density at radius 3 is 1.24 bits per heavy atom. The summed E-state index contributed by atoms with van der Waals surface area (Å²) in [5.41, 5.74) is 0. The molecule has 6 atom stereocenters. The van der Waals surface area contributed by atoms with E-state index in [-0.39, 0.29) is 4.87 Å². The highest BCUT2D eigenvalue weighted by Crippen LogP contribution is 2.72. The lowest BCUT2D eigenvalue weighted by atomic mass is 9.37. The van der Waals surface area contributed by atoms with Gasteiger partial charge >= 0.3 is 0 Å². The molecule has 2 bridgehead atoms. The second-order valence-electron chi connectivity index (χ2n) is 9.07. The van der Waals surface area contributed by atoms with Crippen molar-refractivity contribution in [3.63, 3.8) is 0 Å². The zero-order valence-electron chi connectivity index (χ0n) is 13.4. The summed E-state index contributed by atoms with van der Waals surface area (Å²) in [5.74, 6) is 6.86. The summed E-state index contributed by atoms with van der Waals surface area (Å²) in [5, 5.41) is 0. The Labute approximate surface area is 135 Å². The summed E-state index contributed by atoms with van der Waals surface area (Å²) in [7, 11) is 0. The van der Waals surface area contributed by atoms with Crippen LogP contribution in [0.25, 0.3) is 0 Å². The summed E-state index contributed by atoms with van der Waals surface area (Å²) in [4.78, 5) is 0.232. The van der Waals surface area contributed by atoms with Crippen LogP contribution in [0.4, 0.5) is 0 Å². The van der Waals surface area contributed by atoms with E-state index in [1.54, 1.807) is 0 Å². The molecule has 0 amide bonds. The van der Waals surface area contributed by atoms with E-state index in [0.29, 0.717) is 0 Å². The van der Waals surface area contributed by atoms with Gasteiger partial charge in [-0.3, -0.25) is 0 Å². The minimum atomic E-state index is 0.232. The first-order valence-corrected chi connectivity index (χ1v) is 10.4. The predicted octanol–water partition coefficient (Wildman–Crippen LogP) is 6.03. The lowest BCUT2D eigenvalue weighted by Crippen LogP contribution is -2.69. The van der Waals surface area contributed by atoms with Crippen molar-refractivity contribution >= 4 is 11.6 Å². The van der Waals surface area contributed by atoms with Crippen LogP contribution in [0.3, 0.4) is 0 Å². The van der Waals surface area contributed by atoms with Crippen molar-refractivity contribution in [3.05, 3.63) is 0 Å². The van der Waals surface area contributed by atoms with E-state index in [1.807, 2.05) is 0 Å². The molecule has 0 aromatic carbocycles. The lowest BCUT2D eigenvalue weighted by molar-refractivity contribution is -0.171. The first kappa shape index (κ1) is 13.7. The van der Waals surface area contributed by atoms with Crippen molar-refractivity contribution in [2.75, 3.05) is 0 Å². The third-order valence-corrected chi connectivity index (χ3v) is 9.49. The molecule has 6 unspecified atom stereocenters. The quantitative estimate of drug-likeness (QED) is 0.480. The van der Waals surface area contributed by atoms with E-state index in [1.165, 1.54) is 77.0 Å². The molecule has 0 aliphatic heterocycles. The van der Waals surface area contributed by atoms with Gasteiger partial charge in [0, 0.05) is 0 Å². The van der Waals surface area contributed by atoms with Gasteiger partial charge in [-0.15, -0.1) is 11.6 Å². The molecule has 6 aliphatic rings. The minimum absolute atomic E-state index is 0.232. The summed E-state index contributed by atoms with van der Waals surface area (Å²) in [6.07, 6.45) is 17.9. The van der Waals surface area contributed by atoms with Crippen LogP contribution < -0.4 is 0 Å². The van der Waals surface area contributed by atoms with E-state index >= 15 is 0 Å². The smallest absolute Gasteiger partial charge is 0.0539 e. The largest absolute Gasteiger partial charge is 0.118 e. The monoisotopic (exact) mass is 306 g/mol. The van der Waals surface area contributed by atoms with Crippen molar-refractivity contribution in [1.82, 2.24) is 0 Å². The van der Waals surface area contributed by atoms with Gasteiger partial charge in [0.25, 0.3) is 0 Å². The molecular weight excluding hydrogens is 276 g/mol. The fourth-order valence-corrected chi connectivity index (χ4v) is 9.10. The van der Waals surface area contributed by atoms with Gasteiger partial charge < -0.3 is 0 Å². The van der Waals surface area contributed by atoms with Gasteiger partial charge in [0.15, 0.2) is 0 Å². The molecule has 6 fully saturated rings. The van der Waals surface area contributed by atoms with E-state index in [2.05, 4.69) is 0 Å².